The Kier molecular flexibility index (Phi) is 20.2. The van der Waals surface area contributed by atoms with E-state index in [0.29, 0.717) is 0 Å². The average molecular weight is 898 g/mol. The van der Waals surface area contributed by atoms with Crippen LogP contribution < -0.4 is 24.8 Å². The molecule has 52 heavy (non-hydrogen) atoms. The number of hydrogen-bond donors (Lipinski definition) is 0. The molecule has 0 aliphatic carbocycles. The molecule has 6 aromatic rings. The molecule has 0 N–H and O–H groups in total. The number of aryl methyl sites for hydroxylation is 2. The number of benzene rings is 4. The molecule has 0 saturated carbocycles. The molecule has 0 amide bonds. The van der Waals surface area contributed by atoms with Crippen molar-refractivity contribution in [2.75, 3.05) is 0 Å². The van der Waals surface area contributed by atoms with E-state index in [0.717, 1.165) is 6.42 Å². The summed E-state index contributed by atoms with van der Waals surface area (Å²) in [5.74, 6) is 0. The molecule has 6 aromatic carbocycles. The van der Waals surface area contributed by atoms with E-state index < -0.39 is 0 Å². The smallest absolute Gasteiger partial charge is 0 e. The molecule has 0 atom stereocenters. The van der Waals surface area contributed by atoms with Gasteiger partial charge in [-0.1, -0.05) is 153 Å². The summed E-state index contributed by atoms with van der Waals surface area (Å²) in [6.45, 7) is 24.8. The van der Waals surface area contributed by atoms with Crippen LogP contribution in [-0.2, 0) is 49.5 Å². The molecule has 0 aliphatic rings. The van der Waals surface area contributed by atoms with Gasteiger partial charge in [0.15, 0.2) is 0 Å². The Morgan fingerprint density at radius 3 is 1.13 bits per heavy atom. The second-order valence-corrected chi connectivity index (χ2v) is 15.6. The summed E-state index contributed by atoms with van der Waals surface area (Å²) < 4.78 is 0. The van der Waals surface area contributed by atoms with Crippen molar-refractivity contribution in [1.82, 2.24) is 0 Å². The monoisotopic (exact) mass is 898 g/mol. The first-order chi connectivity index (χ1) is 23.4. The maximum absolute atomic E-state index is 3.38. The average Bonchev–Trinajstić information content (AvgIpc) is 3.70. The van der Waals surface area contributed by atoms with Gasteiger partial charge in [0.25, 0.3) is 0 Å². The third-order valence-electron chi connectivity index (χ3n) is 9.38. The first-order valence-electron chi connectivity index (χ1n) is 18.6. The standard InChI is InChI=1S/2C23H27.C3H6.2ClH.Hf/c2*1-5-6-8-17-15-19-9-7-10-21(22(19)16-17)18-11-13-20(14-12-18)23(2,3)4;1-3-2;;;/h2*7,9-16H,5-6,8H2,1-4H3;1-3H2;2*1H;/q2*-1;-2;;;/p-2. The third kappa shape index (κ3) is 12.8. The predicted molar refractivity (Wildman–Crippen MR) is 220 cm³/mol. The zero-order chi connectivity index (χ0) is 35.6. The fourth-order valence-electron chi connectivity index (χ4n) is 6.45. The number of fused-ring (bicyclic) bond motifs is 2. The molecule has 0 aromatic heterocycles. The Labute approximate surface area is 348 Å². The Morgan fingerprint density at radius 1 is 0.519 bits per heavy atom. The van der Waals surface area contributed by atoms with Gasteiger partial charge < -0.3 is 45.1 Å². The van der Waals surface area contributed by atoms with Crippen molar-refractivity contribution in [3.8, 4) is 22.3 Å². The summed E-state index contributed by atoms with van der Waals surface area (Å²) >= 11 is 0. The Bertz CT molecular complexity index is 1730. The summed E-state index contributed by atoms with van der Waals surface area (Å²) in [6.07, 6.45) is 8.17. The molecule has 0 radical (unpaired) electrons. The van der Waals surface area contributed by atoms with Gasteiger partial charge in [0.05, 0.1) is 0 Å². The van der Waals surface area contributed by atoms with Crippen LogP contribution in [0.25, 0.3) is 43.8 Å². The molecule has 0 nitrogen and oxygen atoms in total. The van der Waals surface area contributed by atoms with E-state index in [2.05, 4.69) is 178 Å². The number of unbranched alkanes of at least 4 members (excludes halogenated alkanes) is 2. The molecule has 0 bridgehead atoms. The normalized spacial score (nSPS) is 11.0. The van der Waals surface area contributed by atoms with Crippen LogP contribution in [0.4, 0.5) is 0 Å². The van der Waals surface area contributed by atoms with E-state index in [1.54, 1.807) is 0 Å². The fraction of sp³-hybridized carbons (Fsp3) is 0.347. The first kappa shape index (κ1) is 47.6. The SMILES string of the molecule is CCCCc1cc2c(-c3ccc(C(C)(C)C)cc3)cccc2[cH-]1.CCCCc1cc2c(-c3ccc(C(C)(C)C)cc3)cccc2[cH-]1.[CH2-]C[CH2-].[Cl-].[Cl-].[Hf]. The zero-order valence-electron chi connectivity index (χ0n) is 33.0. The second-order valence-electron chi connectivity index (χ2n) is 15.6. The molecular weight excluding hydrogens is 838 g/mol. The fourth-order valence-corrected chi connectivity index (χ4v) is 6.45. The van der Waals surface area contributed by atoms with Crippen molar-refractivity contribution >= 4 is 21.5 Å². The van der Waals surface area contributed by atoms with Crippen molar-refractivity contribution in [2.45, 2.75) is 111 Å². The Morgan fingerprint density at radius 2 is 0.846 bits per heavy atom. The summed E-state index contributed by atoms with van der Waals surface area (Å²) in [6, 6.07) is 41.0. The predicted octanol–water partition coefficient (Wildman–Crippen LogP) is 8.78. The minimum absolute atomic E-state index is 0. The van der Waals surface area contributed by atoms with Crippen LogP contribution in [0.2, 0.25) is 0 Å². The Hall–Kier alpha value is -2.45. The third-order valence-corrected chi connectivity index (χ3v) is 9.38. The van der Waals surface area contributed by atoms with E-state index in [1.807, 2.05) is 0 Å². The van der Waals surface area contributed by atoms with Gasteiger partial charge in [0, 0.05) is 25.8 Å². The molecule has 0 heterocycles. The Balaban J connectivity index is 0.000000459. The van der Waals surface area contributed by atoms with Crippen molar-refractivity contribution in [3.63, 3.8) is 0 Å². The van der Waals surface area contributed by atoms with E-state index in [9.17, 15) is 0 Å². The molecule has 0 spiro atoms. The second kappa shape index (κ2) is 22.1. The van der Waals surface area contributed by atoms with Crippen LogP contribution in [-0.4, -0.2) is 0 Å². The molecule has 3 heteroatoms. The van der Waals surface area contributed by atoms with Crippen LogP contribution in [0.1, 0.15) is 110 Å². The van der Waals surface area contributed by atoms with Crippen LogP contribution in [0.15, 0.2) is 109 Å². The maximum atomic E-state index is 3.38. The summed E-state index contributed by atoms with van der Waals surface area (Å²) in [5, 5.41) is 5.52. The summed E-state index contributed by atoms with van der Waals surface area (Å²) in [4.78, 5) is 0. The summed E-state index contributed by atoms with van der Waals surface area (Å²) in [5.41, 5.74) is 11.5. The van der Waals surface area contributed by atoms with Gasteiger partial charge in [-0.2, -0.15) is 12.1 Å². The number of rotatable bonds is 8. The van der Waals surface area contributed by atoms with Gasteiger partial charge in [0.2, 0.25) is 0 Å². The van der Waals surface area contributed by atoms with Crippen LogP contribution in [0.5, 0.6) is 0 Å². The maximum Gasteiger partial charge on any atom is 0 e. The number of hydrogen-bond acceptors (Lipinski definition) is 0. The molecule has 6 rings (SSSR count). The van der Waals surface area contributed by atoms with Crippen molar-refractivity contribution in [3.05, 3.63) is 145 Å². The van der Waals surface area contributed by atoms with Crippen LogP contribution in [0, 0.1) is 13.8 Å². The van der Waals surface area contributed by atoms with Gasteiger partial charge in [-0.25, -0.2) is 0 Å². The zero-order valence-corrected chi connectivity index (χ0v) is 38.1. The van der Waals surface area contributed by atoms with E-state index in [-0.39, 0.29) is 61.5 Å². The molecule has 0 aliphatic heterocycles. The largest absolute Gasteiger partial charge is 1.00 e. The molecule has 0 unspecified atom stereocenters. The number of halogens is 2. The van der Waals surface area contributed by atoms with Crippen molar-refractivity contribution in [2.24, 2.45) is 0 Å². The van der Waals surface area contributed by atoms with Crippen molar-refractivity contribution < 1.29 is 50.7 Å². The van der Waals surface area contributed by atoms with Gasteiger partial charge in [-0.15, -0.1) is 69.1 Å². The minimum atomic E-state index is 0. The van der Waals surface area contributed by atoms with Crippen LogP contribution in [0.3, 0.4) is 0 Å². The molecular formula is C49H60Cl2Hf-6. The van der Waals surface area contributed by atoms with Gasteiger partial charge in [-0.05, 0) is 45.9 Å². The van der Waals surface area contributed by atoms with Gasteiger partial charge in [0.1, 0.15) is 0 Å². The van der Waals surface area contributed by atoms with Gasteiger partial charge >= 0.3 is 0 Å². The van der Waals surface area contributed by atoms with E-state index in [4.69, 9.17) is 0 Å². The van der Waals surface area contributed by atoms with Crippen LogP contribution >= 0.6 is 0 Å². The molecule has 0 saturated heterocycles. The quantitative estimate of drug-likeness (QED) is 0.106. The van der Waals surface area contributed by atoms with Gasteiger partial charge in [-0.3, -0.25) is 0 Å². The van der Waals surface area contributed by atoms with E-state index >= 15 is 0 Å². The summed E-state index contributed by atoms with van der Waals surface area (Å²) in [7, 11) is 0. The van der Waals surface area contributed by atoms with Crippen molar-refractivity contribution in [1.29, 1.82) is 0 Å². The molecule has 280 valence electrons. The minimum Gasteiger partial charge on any atom is -1.00 e. The van der Waals surface area contributed by atoms with E-state index in [1.165, 1.54) is 105 Å². The first-order valence-corrected chi connectivity index (χ1v) is 18.6. The molecule has 0 fully saturated rings. The topological polar surface area (TPSA) is 0 Å².